The normalized spacial score (nSPS) is 15.9. The minimum atomic E-state index is -0.590. The monoisotopic (exact) mass is 436 g/mol. The second kappa shape index (κ2) is 10.3. The van der Waals surface area contributed by atoms with Crippen molar-refractivity contribution in [2.45, 2.75) is 19.4 Å². The number of hydrogen-bond donors (Lipinski definition) is 1. The SMILES string of the molecule is CCC(=O)c1ccc(OCC(O)CN2CCN(c3cc(Cl)ccc3Cl)CC2)cc1. The van der Waals surface area contributed by atoms with E-state index in [0.717, 1.165) is 31.9 Å². The third-order valence-corrected chi connectivity index (χ3v) is 5.58. The summed E-state index contributed by atoms with van der Waals surface area (Å²) < 4.78 is 5.67. The number of benzene rings is 2. The topological polar surface area (TPSA) is 53.0 Å². The van der Waals surface area contributed by atoms with E-state index < -0.39 is 6.10 Å². The number of Topliss-reactive ketones (excluding diaryl/α,β-unsaturated/α-hetero) is 1. The Bertz CT molecular complexity index is 821. The maximum absolute atomic E-state index is 11.7. The lowest BCUT2D eigenvalue weighted by molar-refractivity contribution is 0.0663. The van der Waals surface area contributed by atoms with Gasteiger partial charge in [0.1, 0.15) is 18.5 Å². The number of ketones is 1. The number of halogens is 2. The molecule has 7 heteroatoms. The minimum Gasteiger partial charge on any atom is -0.491 e. The molecule has 1 aliphatic rings. The molecule has 156 valence electrons. The maximum Gasteiger partial charge on any atom is 0.162 e. The molecule has 0 aromatic heterocycles. The van der Waals surface area contributed by atoms with Gasteiger partial charge in [-0.05, 0) is 42.5 Å². The number of carbonyl (C=O) groups is 1. The molecular formula is C22H26Cl2N2O3. The third-order valence-electron chi connectivity index (χ3n) is 5.03. The molecule has 1 saturated heterocycles. The van der Waals surface area contributed by atoms with Crippen LogP contribution < -0.4 is 9.64 Å². The summed E-state index contributed by atoms with van der Waals surface area (Å²) in [5, 5.41) is 11.7. The second-order valence-corrected chi connectivity index (χ2v) is 7.99. The van der Waals surface area contributed by atoms with E-state index in [1.54, 1.807) is 30.3 Å². The van der Waals surface area contributed by atoms with Gasteiger partial charge in [0.2, 0.25) is 0 Å². The van der Waals surface area contributed by atoms with E-state index in [1.165, 1.54) is 0 Å². The molecule has 1 atom stereocenters. The van der Waals surface area contributed by atoms with E-state index >= 15 is 0 Å². The first-order valence-corrected chi connectivity index (χ1v) is 10.6. The molecule has 29 heavy (non-hydrogen) atoms. The van der Waals surface area contributed by atoms with Crippen LogP contribution in [0, 0.1) is 0 Å². The molecule has 2 aromatic rings. The Morgan fingerprint density at radius 1 is 1.10 bits per heavy atom. The maximum atomic E-state index is 11.7. The van der Waals surface area contributed by atoms with Gasteiger partial charge in [-0.25, -0.2) is 0 Å². The molecule has 1 N–H and O–H groups in total. The summed E-state index contributed by atoms with van der Waals surface area (Å²) in [7, 11) is 0. The summed E-state index contributed by atoms with van der Waals surface area (Å²) in [6.07, 6.45) is -0.108. The summed E-state index contributed by atoms with van der Waals surface area (Å²) in [6.45, 7) is 5.89. The lowest BCUT2D eigenvalue weighted by atomic mass is 10.1. The average Bonchev–Trinajstić information content (AvgIpc) is 2.74. The van der Waals surface area contributed by atoms with Crippen molar-refractivity contribution in [3.63, 3.8) is 0 Å². The van der Waals surface area contributed by atoms with Crippen LogP contribution in [0.15, 0.2) is 42.5 Å². The number of ether oxygens (including phenoxy) is 1. The van der Waals surface area contributed by atoms with Crippen molar-refractivity contribution in [1.82, 2.24) is 4.90 Å². The molecule has 1 heterocycles. The van der Waals surface area contributed by atoms with E-state index in [4.69, 9.17) is 27.9 Å². The zero-order valence-corrected chi connectivity index (χ0v) is 18.0. The zero-order chi connectivity index (χ0) is 20.8. The molecule has 0 radical (unpaired) electrons. The Hall–Kier alpha value is -1.79. The van der Waals surface area contributed by atoms with Crippen LogP contribution in [-0.2, 0) is 0 Å². The minimum absolute atomic E-state index is 0.106. The van der Waals surface area contributed by atoms with E-state index in [9.17, 15) is 9.90 Å². The molecule has 0 amide bonds. The smallest absolute Gasteiger partial charge is 0.162 e. The van der Waals surface area contributed by atoms with Gasteiger partial charge in [0.15, 0.2) is 5.78 Å². The van der Waals surface area contributed by atoms with Crippen molar-refractivity contribution in [1.29, 1.82) is 0 Å². The lowest BCUT2D eigenvalue weighted by Gasteiger charge is -2.37. The summed E-state index contributed by atoms with van der Waals surface area (Å²) in [6, 6.07) is 12.5. The van der Waals surface area contributed by atoms with Gasteiger partial charge in [-0.1, -0.05) is 30.1 Å². The van der Waals surface area contributed by atoms with Crippen LogP contribution in [0.5, 0.6) is 5.75 Å². The number of aliphatic hydroxyl groups excluding tert-OH is 1. The number of nitrogens with zero attached hydrogens (tertiary/aromatic N) is 2. The molecule has 1 aliphatic heterocycles. The lowest BCUT2D eigenvalue weighted by Crippen LogP contribution is -2.49. The van der Waals surface area contributed by atoms with E-state index in [0.29, 0.717) is 34.3 Å². The average molecular weight is 437 g/mol. The Morgan fingerprint density at radius 3 is 2.45 bits per heavy atom. The summed E-state index contributed by atoms with van der Waals surface area (Å²) in [5.41, 5.74) is 1.63. The largest absolute Gasteiger partial charge is 0.491 e. The van der Waals surface area contributed by atoms with Crippen LogP contribution in [0.2, 0.25) is 10.0 Å². The highest BCUT2D eigenvalue weighted by Crippen LogP contribution is 2.29. The van der Waals surface area contributed by atoms with Gasteiger partial charge >= 0.3 is 0 Å². The summed E-state index contributed by atoms with van der Waals surface area (Å²) >= 11 is 12.4. The number of rotatable bonds is 8. The van der Waals surface area contributed by atoms with Crippen molar-refractivity contribution in [2.75, 3.05) is 44.2 Å². The predicted octanol–water partition coefficient (Wildman–Crippen LogP) is 4.15. The first-order valence-electron chi connectivity index (χ1n) is 9.82. The Balaban J connectivity index is 1.43. The highest BCUT2D eigenvalue weighted by Gasteiger charge is 2.21. The number of anilines is 1. The van der Waals surface area contributed by atoms with Crippen molar-refractivity contribution in [3.05, 3.63) is 58.1 Å². The van der Waals surface area contributed by atoms with Gasteiger partial charge in [0.25, 0.3) is 0 Å². The van der Waals surface area contributed by atoms with Crippen molar-refractivity contribution < 1.29 is 14.6 Å². The number of carbonyl (C=O) groups excluding carboxylic acids is 1. The van der Waals surface area contributed by atoms with Gasteiger partial charge in [-0.3, -0.25) is 9.69 Å². The van der Waals surface area contributed by atoms with Crippen LogP contribution in [-0.4, -0.2) is 61.2 Å². The number of piperazine rings is 1. The Labute approximate surface area is 181 Å². The molecule has 5 nitrogen and oxygen atoms in total. The number of aliphatic hydroxyl groups is 1. The number of β-amino-alcohol motifs (C(OH)–C–C–N with tert-alkyl or cyclic N) is 1. The molecule has 0 spiro atoms. The van der Waals surface area contributed by atoms with Crippen molar-refractivity contribution in [2.24, 2.45) is 0 Å². The van der Waals surface area contributed by atoms with Crippen molar-refractivity contribution in [3.8, 4) is 5.75 Å². The molecule has 2 aromatic carbocycles. The zero-order valence-electron chi connectivity index (χ0n) is 16.5. The molecule has 1 fully saturated rings. The van der Waals surface area contributed by atoms with Crippen LogP contribution >= 0.6 is 23.2 Å². The quantitative estimate of drug-likeness (QED) is 0.629. The molecular weight excluding hydrogens is 411 g/mol. The van der Waals surface area contributed by atoms with Crippen LogP contribution in [0.25, 0.3) is 0 Å². The first-order chi connectivity index (χ1) is 14.0. The van der Waals surface area contributed by atoms with Gasteiger partial charge in [-0.2, -0.15) is 0 Å². The van der Waals surface area contributed by atoms with E-state index in [2.05, 4.69) is 9.80 Å². The van der Waals surface area contributed by atoms with E-state index in [1.807, 2.05) is 19.1 Å². The standard InChI is InChI=1S/C22H26Cl2N2O3/c1-2-22(28)16-3-6-19(7-4-16)29-15-18(27)14-25-9-11-26(12-10-25)21-13-17(23)5-8-20(21)24/h3-8,13,18,27H,2,9-12,14-15H2,1H3. The van der Waals surface area contributed by atoms with Crippen LogP contribution in [0.4, 0.5) is 5.69 Å². The molecule has 3 rings (SSSR count). The van der Waals surface area contributed by atoms with Crippen molar-refractivity contribution >= 4 is 34.7 Å². The van der Waals surface area contributed by atoms with Gasteiger partial charge < -0.3 is 14.7 Å². The predicted molar refractivity (Wildman–Crippen MR) is 118 cm³/mol. The number of hydrogen-bond acceptors (Lipinski definition) is 5. The fourth-order valence-electron chi connectivity index (χ4n) is 3.38. The molecule has 1 unspecified atom stereocenters. The second-order valence-electron chi connectivity index (χ2n) is 7.15. The highest BCUT2D eigenvalue weighted by atomic mass is 35.5. The van der Waals surface area contributed by atoms with E-state index in [-0.39, 0.29) is 12.4 Å². The fourth-order valence-corrected chi connectivity index (χ4v) is 3.79. The van der Waals surface area contributed by atoms with Gasteiger partial charge in [0.05, 0.1) is 10.7 Å². The fraction of sp³-hybridized carbons (Fsp3) is 0.409. The van der Waals surface area contributed by atoms with Gasteiger partial charge in [-0.15, -0.1) is 0 Å². The Kier molecular flexibility index (Phi) is 7.78. The summed E-state index contributed by atoms with van der Waals surface area (Å²) in [5.74, 6) is 0.756. The highest BCUT2D eigenvalue weighted by molar-refractivity contribution is 6.35. The van der Waals surface area contributed by atoms with Gasteiger partial charge in [0, 0.05) is 49.7 Å². The van der Waals surface area contributed by atoms with Crippen LogP contribution in [0.3, 0.4) is 0 Å². The third kappa shape index (κ3) is 6.09. The molecule has 0 saturated carbocycles. The first kappa shape index (κ1) is 21.9. The molecule has 0 bridgehead atoms. The molecule has 0 aliphatic carbocycles. The Morgan fingerprint density at radius 2 is 1.79 bits per heavy atom. The van der Waals surface area contributed by atoms with Crippen LogP contribution in [0.1, 0.15) is 23.7 Å². The summed E-state index contributed by atoms with van der Waals surface area (Å²) in [4.78, 5) is 16.1.